The van der Waals surface area contributed by atoms with E-state index in [9.17, 15) is 14.0 Å². The fourth-order valence-corrected chi connectivity index (χ4v) is 3.51. The number of rotatable bonds is 6. The summed E-state index contributed by atoms with van der Waals surface area (Å²) >= 11 is 1.48. The lowest BCUT2D eigenvalue weighted by atomic mass is 10.2. The van der Waals surface area contributed by atoms with Gasteiger partial charge < -0.3 is 15.1 Å². The van der Waals surface area contributed by atoms with Crippen molar-refractivity contribution in [1.29, 1.82) is 0 Å². The van der Waals surface area contributed by atoms with Crippen LogP contribution in [-0.2, 0) is 11.2 Å². The van der Waals surface area contributed by atoms with Crippen molar-refractivity contribution in [3.05, 3.63) is 83.1 Å². The van der Waals surface area contributed by atoms with E-state index >= 15 is 0 Å². The zero-order valence-corrected chi connectivity index (χ0v) is 17.2. The average molecular weight is 436 g/mol. The van der Waals surface area contributed by atoms with E-state index in [0.717, 1.165) is 10.9 Å². The van der Waals surface area contributed by atoms with Gasteiger partial charge in [0.2, 0.25) is 11.8 Å². The van der Waals surface area contributed by atoms with Crippen LogP contribution >= 0.6 is 11.3 Å². The normalized spacial score (nSPS) is 10.6. The van der Waals surface area contributed by atoms with Gasteiger partial charge in [-0.1, -0.05) is 12.1 Å². The average Bonchev–Trinajstić information content (AvgIpc) is 3.41. The number of anilines is 2. The number of pyridine rings is 1. The van der Waals surface area contributed by atoms with Crippen molar-refractivity contribution in [3.8, 4) is 10.8 Å². The molecule has 1 aromatic carbocycles. The van der Waals surface area contributed by atoms with Gasteiger partial charge in [0.15, 0.2) is 0 Å². The van der Waals surface area contributed by atoms with E-state index in [-0.39, 0.29) is 23.5 Å². The smallest absolute Gasteiger partial charge is 0.274 e. The van der Waals surface area contributed by atoms with Gasteiger partial charge in [0.1, 0.15) is 17.3 Å². The number of hydrogen-bond donors (Lipinski definition) is 2. The third-order valence-electron chi connectivity index (χ3n) is 4.35. The van der Waals surface area contributed by atoms with Crippen LogP contribution in [0.5, 0.6) is 0 Å². The molecule has 7 nitrogen and oxygen atoms in total. The van der Waals surface area contributed by atoms with E-state index < -0.39 is 17.6 Å². The number of aryl methyl sites for hydroxylation is 1. The molecule has 4 aromatic rings. The van der Waals surface area contributed by atoms with Crippen molar-refractivity contribution < 1.29 is 18.4 Å². The Balaban J connectivity index is 1.49. The molecule has 9 heteroatoms. The summed E-state index contributed by atoms with van der Waals surface area (Å²) in [6, 6.07) is 12.4. The van der Waals surface area contributed by atoms with Crippen molar-refractivity contribution in [2.45, 2.75) is 13.3 Å². The first-order valence-electron chi connectivity index (χ1n) is 9.31. The first-order valence-corrected chi connectivity index (χ1v) is 10.2. The molecule has 0 aliphatic heterocycles. The number of hydrogen-bond acceptors (Lipinski definition) is 6. The maximum atomic E-state index is 13.8. The van der Waals surface area contributed by atoms with Crippen molar-refractivity contribution >= 4 is 34.5 Å². The van der Waals surface area contributed by atoms with Gasteiger partial charge in [-0.2, -0.15) is 0 Å². The summed E-state index contributed by atoms with van der Waals surface area (Å²) in [5.41, 5.74) is 1.07. The van der Waals surface area contributed by atoms with Crippen LogP contribution in [0.1, 0.15) is 21.9 Å². The van der Waals surface area contributed by atoms with Crippen molar-refractivity contribution in [3.63, 3.8) is 0 Å². The number of aromatic nitrogens is 2. The molecule has 2 amide bonds. The molecule has 0 fully saturated rings. The lowest BCUT2D eigenvalue weighted by Gasteiger charge is -2.12. The van der Waals surface area contributed by atoms with E-state index in [1.807, 2.05) is 17.5 Å². The summed E-state index contributed by atoms with van der Waals surface area (Å²) in [6.07, 6.45) is 1.43. The minimum Gasteiger partial charge on any atom is -0.440 e. The molecular formula is C22H17FN4O3S. The van der Waals surface area contributed by atoms with E-state index in [0.29, 0.717) is 17.3 Å². The van der Waals surface area contributed by atoms with Crippen LogP contribution < -0.4 is 10.6 Å². The fourth-order valence-electron chi connectivity index (χ4n) is 2.86. The molecule has 3 aromatic heterocycles. The zero-order chi connectivity index (χ0) is 21.8. The van der Waals surface area contributed by atoms with Crippen molar-refractivity contribution in [2.24, 2.45) is 0 Å². The quantitative estimate of drug-likeness (QED) is 0.457. The molecule has 0 unspecified atom stereocenters. The number of carbonyl (C=O) groups is 2. The van der Waals surface area contributed by atoms with E-state index in [1.165, 1.54) is 29.7 Å². The summed E-state index contributed by atoms with van der Waals surface area (Å²) in [7, 11) is 0. The number of nitrogens with zero attached hydrogens (tertiary/aromatic N) is 2. The number of halogens is 1. The molecule has 2 N–H and O–H groups in total. The van der Waals surface area contributed by atoms with Gasteiger partial charge >= 0.3 is 0 Å². The Labute approximate surface area is 181 Å². The predicted octanol–water partition coefficient (Wildman–Crippen LogP) is 4.68. The molecule has 0 aliphatic carbocycles. The van der Waals surface area contributed by atoms with Crippen molar-refractivity contribution in [2.75, 3.05) is 10.6 Å². The minimum absolute atomic E-state index is 0.0646. The van der Waals surface area contributed by atoms with Crippen LogP contribution in [0.3, 0.4) is 0 Å². The van der Waals surface area contributed by atoms with Gasteiger partial charge in [-0.15, -0.1) is 11.3 Å². The Morgan fingerprint density at radius 2 is 1.97 bits per heavy atom. The summed E-state index contributed by atoms with van der Waals surface area (Å²) in [5.74, 6) is -0.474. The molecule has 0 atom stereocenters. The number of nitrogens with one attached hydrogen (secondary N) is 2. The summed E-state index contributed by atoms with van der Waals surface area (Å²) < 4.78 is 19.5. The van der Waals surface area contributed by atoms with Crippen LogP contribution in [0.15, 0.2) is 64.5 Å². The SMILES string of the molecule is Cc1oc(-c2cccs2)nc1CC(=O)Nc1cc(F)ccc1NC(=O)c1ccccn1. The highest BCUT2D eigenvalue weighted by atomic mass is 32.1. The maximum Gasteiger partial charge on any atom is 0.274 e. The standard InChI is InChI=1S/C22H17FN4O3S/c1-13-17(27-22(30-13)19-6-4-10-31-19)12-20(28)25-18-11-14(23)7-8-15(18)26-21(29)16-5-2-3-9-24-16/h2-11H,12H2,1H3,(H,25,28)(H,26,29). The van der Waals surface area contributed by atoms with Crippen LogP contribution in [0.25, 0.3) is 10.8 Å². The largest absolute Gasteiger partial charge is 0.440 e. The number of carbonyl (C=O) groups excluding carboxylic acids is 2. The second-order valence-corrected chi connectivity index (χ2v) is 7.53. The molecule has 31 heavy (non-hydrogen) atoms. The monoisotopic (exact) mass is 436 g/mol. The van der Waals surface area contributed by atoms with Gasteiger partial charge in [-0.05, 0) is 48.7 Å². The second-order valence-electron chi connectivity index (χ2n) is 6.58. The lowest BCUT2D eigenvalue weighted by Crippen LogP contribution is -2.19. The van der Waals surface area contributed by atoms with Gasteiger partial charge in [-0.25, -0.2) is 9.37 Å². The van der Waals surface area contributed by atoms with Gasteiger partial charge in [0.05, 0.1) is 28.4 Å². The third-order valence-corrected chi connectivity index (χ3v) is 5.21. The van der Waals surface area contributed by atoms with E-state index in [2.05, 4.69) is 20.6 Å². The summed E-state index contributed by atoms with van der Waals surface area (Å²) in [5, 5.41) is 7.19. The number of amides is 2. The van der Waals surface area contributed by atoms with Crippen LogP contribution in [-0.4, -0.2) is 21.8 Å². The highest BCUT2D eigenvalue weighted by Gasteiger charge is 2.17. The maximum absolute atomic E-state index is 13.8. The highest BCUT2D eigenvalue weighted by molar-refractivity contribution is 7.13. The Kier molecular flexibility index (Phi) is 5.85. The van der Waals surface area contributed by atoms with Crippen LogP contribution in [0.4, 0.5) is 15.8 Å². The van der Waals surface area contributed by atoms with Crippen LogP contribution in [0, 0.1) is 12.7 Å². The Bertz CT molecular complexity index is 1220. The Hall–Kier alpha value is -3.85. The van der Waals surface area contributed by atoms with E-state index in [4.69, 9.17) is 4.42 Å². The predicted molar refractivity (Wildman–Crippen MR) is 115 cm³/mol. The second kappa shape index (κ2) is 8.88. The highest BCUT2D eigenvalue weighted by Crippen LogP contribution is 2.27. The molecule has 0 radical (unpaired) electrons. The Morgan fingerprint density at radius 3 is 2.71 bits per heavy atom. The molecule has 0 saturated heterocycles. The molecule has 0 bridgehead atoms. The van der Waals surface area contributed by atoms with Gasteiger partial charge in [0.25, 0.3) is 5.91 Å². The van der Waals surface area contributed by atoms with Crippen LogP contribution in [0.2, 0.25) is 0 Å². The lowest BCUT2D eigenvalue weighted by molar-refractivity contribution is -0.115. The van der Waals surface area contributed by atoms with E-state index in [1.54, 1.807) is 25.1 Å². The minimum atomic E-state index is -0.552. The molecule has 0 spiro atoms. The Morgan fingerprint density at radius 1 is 1.10 bits per heavy atom. The molecular weight excluding hydrogens is 419 g/mol. The molecule has 0 aliphatic rings. The number of thiophene rings is 1. The summed E-state index contributed by atoms with van der Waals surface area (Å²) in [4.78, 5) is 34.2. The first-order chi connectivity index (χ1) is 15.0. The third kappa shape index (κ3) is 4.84. The summed E-state index contributed by atoms with van der Waals surface area (Å²) in [6.45, 7) is 1.73. The number of benzene rings is 1. The fraction of sp³-hybridized carbons (Fsp3) is 0.0909. The zero-order valence-electron chi connectivity index (χ0n) is 16.4. The van der Waals surface area contributed by atoms with Gasteiger partial charge in [-0.3, -0.25) is 14.6 Å². The first kappa shape index (κ1) is 20.4. The van der Waals surface area contributed by atoms with Gasteiger partial charge in [0, 0.05) is 6.20 Å². The topological polar surface area (TPSA) is 97.1 Å². The molecule has 156 valence electrons. The molecule has 0 saturated carbocycles. The molecule has 4 rings (SSSR count). The molecule has 3 heterocycles. The van der Waals surface area contributed by atoms with Crippen molar-refractivity contribution in [1.82, 2.24) is 9.97 Å². The number of oxazole rings is 1.